The van der Waals surface area contributed by atoms with Crippen LogP contribution in [0.25, 0.3) is 0 Å². The normalized spacial score (nSPS) is 30.5. The Morgan fingerprint density at radius 1 is 1.17 bits per heavy atom. The van der Waals surface area contributed by atoms with Crippen molar-refractivity contribution in [1.29, 1.82) is 0 Å². The van der Waals surface area contributed by atoms with Crippen LogP contribution < -0.4 is 5.32 Å². The highest BCUT2D eigenvalue weighted by Gasteiger charge is 2.39. The van der Waals surface area contributed by atoms with E-state index in [9.17, 15) is 0 Å². The van der Waals surface area contributed by atoms with Gasteiger partial charge in [-0.25, -0.2) is 0 Å². The van der Waals surface area contributed by atoms with E-state index in [1.165, 1.54) is 65.1 Å². The van der Waals surface area contributed by atoms with Crippen LogP contribution >= 0.6 is 0 Å². The van der Waals surface area contributed by atoms with Gasteiger partial charge in [0.1, 0.15) is 0 Å². The molecule has 2 aliphatic rings. The van der Waals surface area contributed by atoms with Gasteiger partial charge in [-0.2, -0.15) is 0 Å². The van der Waals surface area contributed by atoms with E-state index in [4.69, 9.17) is 0 Å². The Kier molecular flexibility index (Phi) is 5.05. The SMILES string of the molecule is CCCCN1CCC(N2CCNCC2)C(C)(C)C1. The van der Waals surface area contributed by atoms with Crippen LogP contribution in [0, 0.1) is 5.41 Å². The molecule has 106 valence electrons. The lowest BCUT2D eigenvalue weighted by Crippen LogP contribution is -2.59. The van der Waals surface area contributed by atoms with Crippen molar-refractivity contribution in [3.8, 4) is 0 Å². The monoisotopic (exact) mass is 253 g/mol. The summed E-state index contributed by atoms with van der Waals surface area (Å²) in [6.07, 6.45) is 4.03. The number of hydrogen-bond donors (Lipinski definition) is 1. The molecule has 2 aliphatic heterocycles. The Bertz CT molecular complexity index is 246. The van der Waals surface area contributed by atoms with Gasteiger partial charge in [0, 0.05) is 38.8 Å². The van der Waals surface area contributed by atoms with Crippen molar-refractivity contribution in [2.45, 2.75) is 46.1 Å². The number of likely N-dealkylation sites (tertiary alicyclic amines) is 1. The fourth-order valence-electron chi connectivity index (χ4n) is 3.70. The summed E-state index contributed by atoms with van der Waals surface area (Å²) in [5, 5.41) is 3.47. The molecule has 1 N–H and O–H groups in total. The Balaban J connectivity index is 1.89. The maximum absolute atomic E-state index is 3.47. The van der Waals surface area contributed by atoms with Crippen molar-refractivity contribution in [3.05, 3.63) is 0 Å². The van der Waals surface area contributed by atoms with E-state index < -0.39 is 0 Å². The number of nitrogens with one attached hydrogen (secondary N) is 1. The van der Waals surface area contributed by atoms with Gasteiger partial charge in [0.25, 0.3) is 0 Å². The van der Waals surface area contributed by atoms with Crippen LogP contribution in [0.1, 0.15) is 40.0 Å². The van der Waals surface area contributed by atoms with Crippen LogP contribution in [0.4, 0.5) is 0 Å². The summed E-state index contributed by atoms with van der Waals surface area (Å²) in [4.78, 5) is 5.41. The number of nitrogens with zero attached hydrogens (tertiary/aromatic N) is 2. The second kappa shape index (κ2) is 6.36. The molecule has 18 heavy (non-hydrogen) atoms. The highest BCUT2D eigenvalue weighted by Crippen LogP contribution is 2.33. The minimum atomic E-state index is 0.448. The van der Waals surface area contributed by atoms with Crippen molar-refractivity contribution in [1.82, 2.24) is 15.1 Å². The van der Waals surface area contributed by atoms with Crippen LogP contribution in [0.15, 0.2) is 0 Å². The average Bonchev–Trinajstić information content (AvgIpc) is 2.36. The van der Waals surface area contributed by atoms with E-state index in [1.807, 2.05) is 0 Å². The Hall–Kier alpha value is -0.120. The zero-order valence-electron chi connectivity index (χ0n) is 12.5. The molecule has 1 unspecified atom stereocenters. The molecule has 0 radical (unpaired) electrons. The molecule has 0 bridgehead atoms. The van der Waals surface area contributed by atoms with Gasteiger partial charge in [0.15, 0.2) is 0 Å². The Labute approximate surface area is 113 Å². The summed E-state index contributed by atoms with van der Waals surface area (Å²) in [6, 6.07) is 0.789. The van der Waals surface area contributed by atoms with Gasteiger partial charge in [-0.15, -0.1) is 0 Å². The van der Waals surface area contributed by atoms with Gasteiger partial charge in [0.2, 0.25) is 0 Å². The maximum Gasteiger partial charge on any atom is 0.0172 e. The molecule has 2 fully saturated rings. The fraction of sp³-hybridized carbons (Fsp3) is 1.00. The third-order valence-corrected chi connectivity index (χ3v) is 4.67. The molecular formula is C15H31N3. The van der Waals surface area contributed by atoms with Crippen LogP contribution in [0.3, 0.4) is 0 Å². The molecule has 3 heteroatoms. The smallest absolute Gasteiger partial charge is 0.0172 e. The fourth-order valence-corrected chi connectivity index (χ4v) is 3.70. The van der Waals surface area contributed by atoms with Crippen molar-refractivity contribution < 1.29 is 0 Å². The number of hydrogen-bond acceptors (Lipinski definition) is 3. The van der Waals surface area contributed by atoms with Crippen LogP contribution in [0.5, 0.6) is 0 Å². The molecule has 2 heterocycles. The molecule has 0 amide bonds. The van der Waals surface area contributed by atoms with E-state index in [-0.39, 0.29) is 0 Å². The summed E-state index contributed by atoms with van der Waals surface area (Å²) in [5.41, 5.74) is 0.448. The Morgan fingerprint density at radius 3 is 2.50 bits per heavy atom. The summed E-state index contributed by atoms with van der Waals surface area (Å²) < 4.78 is 0. The molecule has 3 nitrogen and oxygen atoms in total. The van der Waals surface area contributed by atoms with E-state index in [1.54, 1.807) is 0 Å². The molecule has 0 aliphatic carbocycles. The standard InChI is InChI=1S/C15H31N3/c1-4-5-9-17-10-6-14(15(2,3)13-17)18-11-7-16-8-12-18/h14,16H,4-13H2,1-3H3. The highest BCUT2D eigenvalue weighted by molar-refractivity contribution is 4.94. The Morgan fingerprint density at radius 2 is 1.89 bits per heavy atom. The second-order valence-electron chi connectivity index (χ2n) is 6.71. The minimum Gasteiger partial charge on any atom is -0.314 e. The summed E-state index contributed by atoms with van der Waals surface area (Å²) in [6.45, 7) is 15.9. The molecule has 0 aromatic rings. The summed E-state index contributed by atoms with van der Waals surface area (Å²) in [7, 11) is 0. The minimum absolute atomic E-state index is 0.448. The van der Waals surface area contributed by atoms with Gasteiger partial charge in [-0.3, -0.25) is 4.90 Å². The van der Waals surface area contributed by atoms with Crippen molar-refractivity contribution in [3.63, 3.8) is 0 Å². The lowest BCUT2D eigenvalue weighted by molar-refractivity contribution is 0.000380. The predicted octanol–water partition coefficient (Wildman–Crippen LogP) is 1.79. The number of rotatable bonds is 4. The molecule has 0 saturated carbocycles. The largest absolute Gasteiger partial charge is 0.314 e. The van der Waals surface area contributed by atoms with E-state index in [2.05, 4.69) is 35.9 Å². The van der Waals surface area contributed by atoms with Gasteiger partial charge in [-0.05, 0) is 31.3 Å². The lowest BCUT2D eigenvalue weighted by Gasteiger charge is -2.50. The van der Waals surface area contributed by atoms with E-state index in [0.717, 1.165) is 6.04 Å². The molecule has 0 spiro atoms. The van der Waals surface area contributed by atoms with Crippen LogP contribution in [-0.4, -0.2) is 61.7 Å². The zero-order chi connectivity index (χ0) is 13.0. The van der Waals surface area contributed by atoms with Crippen molar-refractivity contribution >= 4 is 0 Å². The first-order chi connectivity index (χ1) is 8.63. The third kappa shape index (κ3) is 3.46. The van der Waals surface area contributed by atoms with E-state index >= 15 is 0 Å². The molecule has 2 rings (SSSR count). The topological polar surface area (TPSA) is 18.5 Å². The first-order valence-corrected chi connectivity index (χ1v) is 7.80. The number of piperazine rings is 1. The van der Waals surface area contributed by atoms with Gasteiger partial charge in [-0.1, -0.05) is 27.2 Å². The molecule has 0 aromatic heterocycles. The van der Waals surface area contributed by atoms with E-state index in [0.29, 0.717) is 5.41 Å². The first kappa shape index (κ1) is 14.3. The van der Waals surface area contributed by atoms with Gasteiger partial charge >= 0.3 is 0 Å². The third-order valence-electron chi connectivity index (χ3n) is 4.67. The molecule has 0 aromatic carbocycles. The highest BCUT2D eigenvalue weighted by atomic mass is 15.2. The zero-order valence-corrected chi connectivity index (χ0v) is 12.5. The summed E-state index contributed by atoms with van der Waals surface area (Å²) in [5.74, 6) is 0. The quantitative estimate of drug-likeness (QED) is 0.824. The predicted molar refractivity (Wildman–Crippen MR) is 78.0 cm³/mol. The second-order valence-corrected chi connectivity index (χ2v) is 6.71. The molecular weight excluding hydrogens is 222 g/mol. The number of unbranched alkanes of at least 4 members (excludes halogenated alkanes) is 1. The van der Waals surface area contributed by atoms with Gasteiger partial charge in [0.05, 0.1) is 0 Å². The van der Waals surface area contributed by atoms with Gasteiger partial charge < -0.3 is 10.2 Å². The maximum atomic E-state index is 3.47. The van der Waals surface area contributed by atoms with Crippen LogP contribution in [0.2, 0.25) is 0 Å². The van der Waals surface area contributed by atoms with Crippen LogP contribution in [-0.2, 0) is 0 Å². The summed E-state index contributed by atoms with van der Waals surface area (Å²) >= 11 is 0. The number of piperidine rings is 1. The average molecular weight is 253 g/mol. The van der Waals surface area contributed by atoms with Crippen molar-refractivity contribution in [2.24, 2.45) is 5.41 Å². The molecule has 2 saturated heterocycles. The lowest BCUT2D eigenvalue weighted by atomic mass is 9.78. The van der Waals surface area contributed by atoms with Crippen molar-refractivity contribution in [2.75, 3.05) is 45.8 Å². The molecule has 1 atom stereocenters. The first-order valence-electron chi connectivity index (χ1n) is 7.80.